The molecule has 0 saturated heterocycles. The van der Waals surface area contributed by atoms with Gasteiger partial charge < -0.3 is 0 Å². The third-order valence-corrected chi connectivity index (χ3v) is 5.38. The van der Waals surface area contributed by atoms with Crippen LogP contribution in [-0.4, -0.2) is 12.0 Å². The van der Waals surface area contributed by atoms with Gasteiger partial charge in [-0.1, -0.05) is 26.2 Å². The number of ketones is 1. The Kier molecular flexibility index (Phi) is 5.14. The number of halogens is 3. The predicted octanol–water partition coefficient (Wildman–Crippen LogP) is 5.14. The van der Waals surface area contributed by atoms with Crippen molar-refractivity contribution >= 4 is 5.78 Å². The van der Waals surface area contributed by atoms with E-state index < -0.39 is 18.0 Å². The van der Waals surface area contributed by atoms with E-state index in [1.165, 1.54) is 0 Å². The predicted molar refractivity (Wildman–Crippen MR) is 72.2 cm³/mol. The van der Waals surface area contributed by atoms with E-state index in [0.29, 0.717) is 18.8 Å². The summed E-state index contributed by atoms with van der Waals surface area (Å²) in [4.78, 5) is 12.5. The molecule has 0 heterocycles. The molecule has 0 aromatic carbocycles. The molecule has 4 heteroatoms. The van der Waals surface area contributed by atoms with Gasteiger partial charge in [0.2, 0.25) is 0 Å². The largest absolute Gasteiger partial charge is 0.392 e. The van der Waals surface area contributed by atoms with Crippen molar-refractivity contribution in [3.8, 4) is 0 Å². The van der Waals surface area contributed by atoms with Crippen LogP contribution in [-0.2, 0) is 4.79 Å². The van der Waals surface area contributed by atoms with E-state index in [1.807, 2.05) is 0 Å². The number of Topliss-reactive ketones (excluding diaryl/α,β-unsaturated/α-hetero) is 1. The molecule has 116 valence electrons. The lowest BCUT2D eigenvalue weighted by atomic mass is 9.69. The molecule has 0 N–H and O–H groups in total. The highest BCUT2D eigenvalue weighted by Crippen LogP contribution is 2.44. The molecular weight excluding hydrogens is 265 g/mol. The van der Waals surface area contributed by atoms with E-state index in [0.717, 1.165) is 38.5 Å². The third-order valence-electron chi connectivity index (χ3n) is 5.38. The van der Waals surface area contributed by atoms with Crippen molar-refractivity contribution in [3.63, 3.8) is 0 Å². The smallest absolute Gasteiger partial charge is 0.299 e. The first kappa shape index (κ1) is 15.8. The summed E-state index contributed by atoms with van der Waals surface area (Å²) in [6.45, 7) is 2.15. The molecule has 0 bridgehead atoms. The first-order chi connectivity index (χ1) is 9.43. The summed E-state index contributed by atoms with van der Waals surface area (Å²) >= 11 is 0. The normalized spacial score (nSPS) is 35.8. The van der Waals surface area contributed by atoms with Crippen LogP contribution < -0.4 is 0 Å². The van der Waals surface area contributed by atoms with E-state index in [2.05, 4.69) is 6.92 Å². The Labute approximate surface area is 119 Å². The van der Waals surface area contributed by atoms with Gasteiger partial charge in [-0.2, -0.15) is 13.2 Å². The maximum Gasteiger partial charge on any atom is 0.392 e. The van der Waals surface area contributed by atoms with E-state index >= 15 is 0 Å². The van der Waals surface area contributed by atoms with Crippen molar-refractivity contribution in [2.75, 3.05) is 0 Å². The van der Waals surface area contributed by atoms with Crippen LogP contribution in [0.15, 0.2) is 0 Å². The highest BCUT2D eigenvalue weighted by Gasteiger charge is 2.49. The molecule has 2 rings (SSSR count). The SMILES string of the molecule is CCC1CCC(C(=O)C2CCCCC2C(F)(F)F)CC1. The standard InChI is InChI=1S/C16H25F3O/c1-2-11-7-9-12(10-8-11)15(20)13-5-3-4-6-14(13)16(17,18)19/h11-14H,2-10H2,1H3. The van der Waals surface area contributed by atoms with Crippen molar-refractivity contribution in [3.05, 3.63) is 0 Å². The van der Waals surface area contributed by atoms with Gasteiger partial charge in [-0.15, -0.1) is 0 Å². The summed E-state index contributed by atoms with van der Waals surface area (Å²) in [6.07, 6.45) is 2.51. The lowest BCUT2D eigenvalue weighted by Gasteiger charge is -2.36. The molecule has 0 radical (unpaired) electrons. The Hall–Kier alpha value is -0.540. The molecular formula is C16H25F3O. The quantitative estimate of drug-likeness (QED) is 0.703. The summed E-state index contributed by atoms with van der Waals surface area (Å²) in [5.41, 5.74) is 0. The highest BCUT2D eigenvalue weighted by molar-refractivity contribution is 5.84. The topological polar surface area (TPSA) is 17.1 Å². The van der Waals surface area contributed by atoms with Gasteiger partial charge in [0.05, 0.1) is 5.92 Å². The van der Waals surface area contributed by atoms with Gasteiger partial charge in [0, 0.05) is 11.8 Å². The second-order valence-corrected chi connectivity index (χ2v) is 6.57. The van der Waals surface area contributed by atoms with E-state index in [4.69, 9.17) is 0 Å². The van der Waals surface area contributed by atoms with Gasteiger partial charge in [0.15, 0.2) is 0 Å². The van der Waals surface area contributed by atoms with Gasteiger partial charge in [0.1, 0.15) is 5.78 Å². The second-order valence-electron chi connectivity index (χ2n) is 6.57. The lowest BCUT2D eigenvalue weighted by Crippen LogP contribution is -2.40. The maximum absolute atomic E-state index is 13.1. The Morgan fingerprint density at radius 1 is 1.00 bits per heavy atom. The average Bonchev–Trinajstić information content (AvgIpc) is 2.46. The first-order valence-corrected chi connectivity index (χ1v) is 8.04. The summed E-state index contributed by atoms with van der Waals surface area (Å²) in [5.74, 6) is -1.66. The number of hydrogen-bond acceptors (Lipinski definition) is 1. The first-order valence-electron chi connectivity index (χ1n) is 8.04. The van der Waals surface area contributed by atoms with Crippen LogP contribution in [0, 0.1) is 23.7 Å². The molecule has 2 aliphatic rings. The zero-order chi connectivity index (χ0) is 14.8. The Bertz CT molecular complexity index is 329. The molecule has 0 spiro atoms. The lowest BCUT2D eigenvalue weighted by molar-refractivity contribution is -0.198. The molecule has 2 aliphatic carbocycles. The summed E-state index contributed by atoms with van der Waals surface area (Å²) in [7, 11) is 0. The van der Waals surface area contributed by atoms with Gasteiger partial charge in [-0.25, -0.2) is 0 Å². The zero-order valence-corrected chi connectivity index (χ0v) is 12.2. The number of alkyl halides is 3. The minimum absolute atomic E-state index is 0.0819. The zero-order valence-electron chi connectivity index (χ0n) is 12.2. The molecule has 0 aromatic heterocycles. The molecule has 2 atom stereocenters. The van der Waals surface area contributed by atoms with Crippen LogP contribution in [0.5, 0.6) is 0 Å². The summed E-state index contributed by atoms with van der Waals surface area (Å²) in [6, 6.07) is 0. The minimum atomic E-state index is -4.21. The fraction of sp³-hybridized carbons (Fsp3) is 0.938. The molecule has 2 unspecified atom stereocenters. The molecule has 0 aromatic rings. The highest BCUT2D eigenvalue weighted by atomic mass is 19.4. The minimum Gasteiger partial charge on any atom is -0.299 e. The molecule has 1 nitrogen and oxygen atoms in total. The van der Waals surface area contributed by atoms with Gasteiger partial charge in [0.25, 0.3) is 0 Å². The van der Waals surface area contributed by atoms with Gasteiger partial charge >= 0.3 is 6.18 Å². The average molecular weight is 290 g/mol. The van der Waals surface area contributed by atoms with Gasteiger partial charge in [-0.05, 0) is 44.4 Å². The van der Waals surface area contributed by atoms with Crippen molar-refractivity contribution in [2.24, 2.45) is 23.7 Å². The number of hydrogen-bond donors (Lipinski definition) is 0. The number of carbonyl (C=O) groups is 1. The Morgan fingerprint density at radius 3 is 2.15 bits per heavy atom. The van der Waals surface area contributed by atoms with Crippen LogP contribution in [0.25, 0.3) is 0 Å². The molecule has 2 fully saturated rings. The fourth-order valence-electron chi connectivity index (χ4n) is 4.02. The Morgan fingerprint density at radius 2 is 1.60 bits per heavy atom. The van der Waals surface area contributed by atoms with Crippen LogP contribution in [0.1, 0.15) is 64.7 Å². The molecule has 2 saturated carbocycles. The molecule has 0 amide bonds. The van der Waals surface area contributed by atoms with Crippen LogP contribution >= 0.6 is 0 Å². The van der Waals surface area contributed by atoms with E-state index in [-0.39, 0.29) is 18.1 Å². The van der Waals surface area contributed by atoms with Crippen LogP contribution in [0.4, 0.5) is 13.2 Å². The third kappa shape index (κ3) is 3.56. The number of carbonyl (C=O) groups excluding carboxylic acids is 1. The van der Waals surface area contributed by atoms with Crippen LogP contribution in [0.3, 0.4) is 0 Å². The van der Waals surface area contributed by atoms with Crippen LogP contribution in [0.2, 0.25) is 0 Å². The number of rotatable bonds is 3. The fourth-order valence-corrected chi connectivity index (χ4v) is 4.02. The van der Waals surface area contributed by atoms with Crippen molar-refractivity contribution in [1.82, 2.24) is 0 Å². The van der Waals surface area contributed by atoms with Gasteiger partial charge in [-0.3, -0.25) is 4.79 Å². The van der Waals surface area contributed by atoms with E-state index in [9.17, 15) is 18.0 Å². The second kappa shape index (κ2) is 6.48. The van der Waals surface area contributed by atoms with Crippen molar-refractivity contribution in [2.45, 2.75) is 70.9 Å². The molecule has 20 heavy (non-hydrogen) atoms. The monoisotopic (exact) mass is 290 g/mol. The summed E-state index contributed by atoms with van der Waals surface area (Å²) < 4.78 is 39.2. The van der Waals surface area contributed by atoms with Crippen molar-refractivity contribution < 1.29 is 18.0 Å². The maximum atomic E-state index is 13.1. The van der Waals surface area contributed by atoms with Crippen molar-refractivity contribution in [1.29, 1.82) is 0 Å². The molecule has 0 aliphatic heterocycles. The van der Waals surface area contributed by atoms with E-state index in [1.54, 1.807) is 0 Å². The summed E-state index contributed by atoms with van der Waals surface area (Å²) in [5, 5.41) is 0. The Balaban J connectivity index is 2.00.